The number of fused-ring (bicyclic) bond motifs is 4. The molecule has 2 aliphatic rings. The van der Waals surface area contributed by atoms with E-state index in [1.165, 1.54) is 36.4 Å². The van der Waals surface area contributed by atoms with Crippen LogP contribution in [0.4, 0.5) is 24.5 Å². The number of pyridine rings is 1. The van der Waals surface area contributed by atoms with Crippen molar-refractivity contribution in [1.82, 2.24) is 9.88 Å². The molecule has 3 aromatic carbocycles. The molecule has 228 valence electrons. The zero-order chi connectivity index (χ0) is 31.2. The number of halogens is 4. The summed E-state index contributed by atoms with van der Waals surface area (Å²) in [7, 11) is -4.16. The van der Waals surface area contributed by atoms with E-state index in [0.717, 1.165) is 12.1 Å². The van der Waals surface area contributed by atoms with Crippen LogP contribution in [0.5, 0.6) is 0 Å². The number of piperidine rings is 1. The minimum atomic E-state index is -4.16. The molecule has 44 heavy (non-hydrogen) atoms. The van der Waals surface area contributed by atoms with Gasteiger partial charge in [-0.1, -0.05) is 23.7 Å². The number of carbonyl (C=O) groups excluding carboxylic acids is 1. The fourth-order valence-electron chi connectivity index (χ4n) is 5.98. The van der Waals surface area contributed by atoms with Crippen LogP contribution < -0.4 is 20.5 Å². The van der Waals surface area contributed by atoms with E-state index in [1.807, 2.05) is 11.0 Å². The Labute approximate surface area is 256 Å². The van der Waals surface area contributed by atoms with E-state index in [2.05, 4.69) is 10.0 Å². The third-order valence-corrected chi connectivity index (χ3v) is 9.56. The van der Waals surface area contributed by atoms with Gasteiger partial charge in [-0.15, -0.1) is 0 Å². The Balaban J connectivity index is 1.33. The number of nitrogens with zero attached hydrogens (tertiary/aromatic N) is 2. The minimum Gasteiger partial charge on any atom is -0.369 e. The smallest absolute Gasteiger partial charge is 0.262 e. The van der Waals surface area contributed by atoms with Crippen molar-refractivity contribution in [3.8, 4) is 0 Å². The van der Waals surface area contributed by atoms with Gasteiger partial charge in [-0.05, 0) is 54.8 Å². The van der Waals surface area contributed by atoms with Gasteiger partial charge in [-0.3, -0.25) is 14.3 Å². The number of benzene rings is 3. The first-order chi connectivity index (χ1) is 21.0. The molecule has 2 aliphatic heterocycles. The molecule has 4 aromatic rings. The topological polar surface area (TPSA) is 101 Å². The van der Waals surface area contributed by atoms with Gasteiger partial charge in [0.1, 0.15) is 17.5 Å². The van der Waals surface area contributed by atoms with Crippen molar-refractivity contribution in [3.63, 3.8) is 0 Å². The summed E-state index contributed by atoms with van der Waals surface area (Å²) in [5.41, 5.74) is 0.991. The summed E-state index contributed by atoms with van der Waals surface area (Å²) in [6.07, 6.45) is 0.876. The van der Waals surface area contributed by atoms with Crippen molar-refractivity contribution >= 4 is 38.9 Å². The van der Waals surface area contributed by atoms with Crippen LogP contribution in [-0.2, 0) is 23.1 Å². The summed E-state index contributed by atoms with van der Waals surface area (Å²) >= 11 is 6.04. The molecule has 1 amide bonds. The third kappa shape index (κ3) is 5.91. The van der Waals surface area contributed by atoms with Crippen molar-refractivity contribution in [2.45, 2.75) is 30.3 Å². The molecule has 3 heterocycles. The molecule has 13 heteroatoms. The molecule has 0 saturated carbocycles. The van der Waals surface area contributed by atoms with Crippen molar-refractivity contribution in [1.29, 1.82) is 0 Å². The number of sulfonamides is 1. The monoisotopic (exact) mass is 642 g/mol. The number of rotatable bonds is 7. The van der Waals surface area contributed by atoms with Crippen LogP contribution in [-0.4, -0.2) is 32.0 Å². The highest BCUT2D eigenvalue weighted by atomic mass is 35.5. The van der Waals surface area contributed by atoms with Crippen LogP contribution in [0.15, 0.2) is 82.5 Å². The molecule has 2 atom stereocenters. The Morgan fingerprint density at radius 3 is 2.43 bits per heavy atom. The van der Waals surface area contributed by atoms with E-state index in [4.69, 9.17) is 11.6 Å². The van der Waals surface area contributed by atoms with Gasteiger partial charge in [0, 0.05) is 72.1 Å². The van der Waals surface area contributed by atoms with E-state index in [-0.39, 0.29) is 38.6 Å². The predicted octanol–water partition coefficient (Wildman–Crippen LogP) is 5.27. The zero-order valence-electron chi connectivity index (χ0n) is 23.1. The second kappa shape index (κ2) is 11.7. The fourth-order valence-corrected chi connectivity index (χ4v) is 7.34. The van der Waals surface area contributed by atoms with E-state index in [0.29, 0.717) is 37.5 Å². The number of nitrogens with one attached hydrogen (secondary N) is 2. The van der Waals surface area contributed by atoms with Crippen LogP contribution in [0.3, 0.4) is 0 Å². The molecular weight excluding hydrogens is 617 g/mol. The van der Waals surface area contributed by atoms with Crippen LogP contribution in [0.2, 0.25) is 5.02 Å². The largest absolute Gasteiger partial charge is 0.369 e. The summed E-state index contributed by atoms with van der Waals surface area (Å²) < 4.78 is 72.8. The molecule has 6 rings (SSSR count). The number of aromatic nitrogens is 1. The molecule has 1 saturated heterocycles. The Morgan fingerprint density at radius 1 is 0.932 bits per heavy atom. The number of amides is 1. The first-order valence-electron chi connectivity index (χ1n) is 13.8. The first kappa shape index (κ1) is 29.8. The molecule has 2 bridgehead atoms. The predicted molar refractivity (Wildman–Crippen MR) is 160 cm³/mol. The Hall–Kier alpha value is -4.29. The van der Waals surface area contributed by atoms with Gasteiger partial charge in [0.25, 0.3) is 21.5 Å². The van der Waals surface area contributed by atoms with Crippen molar-refractivity contribution in [3.05, 3.63) is 122 Å². The molecular formula is C31H26ClF3N4O4S. The normalized spacial score (nSPS) is 17.6. The average Bonchev–Trinajstić information content (AvgIpc) is 2.97. The van der Waals surface area contributed by atoms with Gasteiger partial charge < -0.3 is 14.8 Å². The Morgan fingerprint density at radius 2 is 1.68 bits per heavy atom. The molecule has 2 unspecified atom stereocenters. The number of carbonyl (C=O) groups is 1. The summed E-state index contributed by atoms with van der Waals surface area (Å²) in [6.45, 7) is 1.01. The van der Waals surface area contributed by atoms with Crippen LogP contribution in [0, 0.1) is 23.4 Å². The van der Waals surface area contributed by atoms with Crippen LogP contribution in [0.25, 0.3) is 0 Å². The summed E-state index contributed by atoms with van der Waals surface area (Å²) in [5, 5.41) is 2.63. The standard InChI is InChI=1S/C31H26ClF3N4O4S/c32-21-3-1-4-23(11-21)44(42,43)37-27-10-19(31(41)36-14-24-25(34)12-22(33)13-26(24)35)7-8-29(27)38-15-18-9-20(17-38)28-5-2-6-30(40)39(28)16-18/h1-8,10-13,18,20,37H,9,14-17H2,(H,36,41). The first-order valence-corrected chi connectivity index (χ1v) is 15.6. The fraction of sp³-hybridized carbons (Fsp3) is 0.226. The summed E-state index contributed by atoms with van der Waals surface area (Å²) in [4.78, 5) is 27.5. The highest BCUT2D eigenvalue weighted by molar-refractivity contribution is 7.92. The van der Waals surface area contributed by atoms with Crippen molar-refractivity contribution in [2.75, 3.05) is 22.7 Å². The van der Waals surface area contributed by atoms with E-state index in [9.17, 15) is 31.2 Å². The molecule has 2 N–H and O–H groups in total. The lowest BCUT2D eigenvalue weighted by Crippen LogP contribution is -2.47. The third-order valence-electron chi connectivity index (χ3n) is 7.96. The molecule has 0 spiro atoms. The molecule has 8 nitrogen and oxygen atoms in total. The lowest BCUT2D eigenvalue weighted by molar-refractivity contribution is 0.0950. The van der Waals surface area contributed by atoms with Gasteiger partial charge in [-0.25, -0.2) is 21.6 Å². The average molecular weight is 643 g/mol. The maximum atomic E-state index is 14.1. The maximum absolute atomic E-state index is 14.1. The summed E-state index contributed by atoms with van der Waals surface area (Å²) in [5.74, 6) is -3.95. The second-order valence-electron chi connectivity index (χ2n) is 10.9. The summed E-state index contributed by atoms with van der Waals surface area (Å²) in [6, 6.07) is 16.4. The highest BCUT2D eigenvalue weighted by Gasteiger charge is 2.35. The zero-order valence-corrected chi connectivity index (χ0v) is 24.6. The van der Waals surface area contributed by atoms with E-state index >= 15 is 0 Å². The van der Waals surface area contributed by atoms with Gasteiger partial charge in [0.05, 0.1) is 16.3 Å². The van der Waals surface area contributed by atoms with Gasteiger partial charge in [0.15, 0.2) is 0 Å². The maximum Gasteiger partial charge on any atom is 0.262 e. The number of anilines is 2. The van der Waals surface area contributed by atoms with Crippen molar-refractivity contribution < 1.29 is 26.4 Å². The minimum absolute atomic E-state index is 0.0228. The number of hydrogen-bond donors (Lipinski definition) is 2. The van der Waals surface area contributed by atoms with Gasteiger partial charge in [-0.2, -0.15) is 0 Å². The van der Waals surface area contributed by atoms with Crippen LogP contribution in [0.1, 0.15) is 34.0 Å². The number of hydrogen-bond acceptors (Lipinski definition) is 5. The van der Waals surface area contributed by atoms with Gasteiger partial charge in [0.2, 0.25) is 0 Å². The van der Waals surface area contributed by atoms with Gasteiger partial charge >= 0.3 is 0 Å². The molecule has 1 fully saturated rings. The Bertz CT molecular complexity index is 1930. The van der Waals surface area contributed by atoms with Crippen molar-refractivity contribution in [2.24, 2.45) is 5.92 Å². The van der Waals surface area contributed by atoms with Crippen LogP contribution >= 0.6 is 11.6 Å². The Kier molecular flexibility index (Phi) is 7.89. The van der Waals surface area contributed by atoms with E-state index in [1.54, 1.807) is 22.8 Å². The molecule has 1 aromatic heterocycles. The second-order valence-corrected chi connectivity index (χ2v) is 13.0. The SMILES string of the molecule is O=C(NCc1c(F)cc(F)cc1F)c1ccc(N2CC3CC(C2)c2cccc(=O)n2C3)c(NS(=O)(=O)c2cccc(Cl)c2)c1. The molecule has 0 radical (unpaired) electrons. The molecule has 0 aliphatic carbocycles. The lowest BCUT2D eigenvalue weighted by Gasteiger charge is -2.44. The van der Waals surface area contributed by atoms with E-state index < -0.39 is 45.5 Å². The highest BCUT2D eigenvalue weighted by Crippen LogP contribution is 2.40. The quantitative estimate of drug-likeness (QED) is 0.286. The lowest BCUT2D eigenvalue weighted by atomic mass is 9.83.